The number of nitrogens with zero attached hydrogens (tertiary/aromatic N) is 6. The molecule has 3 aliphatic heterocycles. The Kier molecular flexibility index (Phi) is 5.88. The van der Waals surface area contributed by atoms with E-state index in [9.17, 15) is 4.79 Å². The zero-order valence-corrected chi connectivity index (χ0v) is 22.1. The molecule has 0 bridgehead atoms. The fraction of sp³-hybridized carbons (Fsp3) is 0.429. The molecule has 11 nitrogen and oxygen atoms in total. The predicted molar refractivity (Wildman–Crippen MR) is 144 cm³/mol. The van der Waals surface area contributed by atoms with Gasteiger partial charge in [0.05, 0.1) is 35.7 Å². The van der Waals surface area contributed by atoms with Crippen molar-refractivity contribution in [2.45, 2.75) is 32.4 Å². The minimum atomic E-state index is -0.138. The summed E-state index contributed by atoms with van der Waals surface area (Å²) in [5, 5.41) is 7.40. The number of hydrogen-bond acceptors (Lipinski definition) is 8. The maximum Gasteiger partial charge on any atom is 0.317 e. The number of urea groups is 1. The number of carbonyl (C=O) groups excluding carboxylic acids is 1. The van der Waals surface area contributed by atoms with Gasteiger partial charge in [0, 0.05) is 44.0 Å². The number of morpholine rings is 1. The normalized spacial score (nSPS) is 20.9. The average Bonchev–Trinajstić information content (AvgIpc) is 3.68. The second-order valence-corrected chi connectivity index (χ2v) is 10.4. The van der Waals surface area contributed by atoms with Gasteiger partial charge in [0.1, 0.15) is 23.9 Å². The molecule has 4 aromatic rings. The van der Waals surface area contributed by atoms with Crippen molar-refractivity contribution in [1.29, 1.82) is 0 Å². The van der Waals surface area contributed by atoms with Crippen molar-refractivity contribution < 1.29 is 18.8 Å². The van der Waals surface area contributed by atoms with Gasteiger partial charge >= 0.3 is 6.03 Å². The molecule has 1 N–H and O–H groups in total. The highest BCUT2D eigenvalue weighted by molar-refractivity contribution is 5.94. The Morgan fingerprint density at radius 2 is 1.97 bits per heavy atom. The first-order valence-electron chi connectivity index (χ1n) is 13.5. The Bertz CT molecular complexity index is 1510. The molecule has 3 aliphatic rings. The molecular formula is C28H31N7O4. The van der Waals surface area contributed by atoms with Crippen molar-refractivity contribution in [3.05, 3.63) is 53.7 Å². The zero-order chi connectivity index (χ0) is 26.5. The number of hydrogen-bond donors (Lipinski definition) is 1. The van der Waals surface area contributed by atoms with Gasteiger partial charge in [-0.2, -0.15) is 0 Å². The molecule has 0 radical (unpaired) electrons. The fourth-order valence-electron chi connectivity index (χ4n) is 5.99. The first kappa shape index (κ1) is 24.0. The Morgan fingerprint density at radius 1 is 1.10 bits per heavy atom. The average molecular weight is 530 g/mol. The largest absolute Gasteiger partial charge is 0.488 e. The maximum atomic E-state index is 12.8. The number of anilines is 1. The van der Waals surface area contributed by atoms with Gasteiger partial charge in [0.15, 0.2) is 5.75 Å². The topological polar surface area (TPSA) is 111 Å². The highest BCUT2D eigenvalue weighted by atomic mass is 16.5. The van der Waals surface area contributed by atoms with E-state index in [0.717, 1.165) is 64.0 Å². The number of aryl methyl sites for hydroxylation is 2. The molecule has 39 heavy (non-hydrogen) atoms. The van der Waals surface area contributed by atoms with Crippen LogP contribution >= 0.6 is 0 Å². The monoisotopic (exact) mass is 529 g/mol. The molecule has 2 amide bonds. The highest BCUT2D eigenvalue weighted by Gasteiger charge is 2.36. The number of pyridine rings is 1. The van der Waals surface area contributed by atoms with E-state index in [2.05, 4.69) is 24.9 Å². The maximum absolute atomic E-state index is 12.8. The summed E-state index contributed by atoms with van der Waals surface area (Å²) >= 11 is 0. The van der Waals surface area contributed by atoms with Gasteiger partial charge in [-0.1, -0.05) is 11.2 Å². The lowest BCUT2D eigenvalue weighted by atomic mass is 10.0. The molecule has 0 saturated carbocycles. The van der Waals surface area contributed by atoms with Gasteiger partial charge in [-0.25, -0.2) is 9.78 Å². The molecule has 1 aromatic carbocycles. The van der Waals surface area contributed by atoms with Crippen LogP contribution in [0.15, 0.2) is 41.1 Å². The smallest absolute Gasteiger partial charge is 0.317 e. The van der Waals surface area contributed by atoms with E-state index in [1.807, 2.05) is 55.3 Å². The van der Waals surface area contributed by atoms with Crippen molar-refractivity contribution in [3.8, 4) is 16.9 Å². The second-order valence-electron chi connectivity index (χ2n) is 10.4. The molecule has 6 heterocycles. The third-order valence-electron chi connectivity index (χ3n) is 7.91. The van der Waals surface area contributed by atoms with Crippen LogP contribution in [0.5, 0.6) is 5.75 Å². The van der Waals surface area contributed by atoms with Crippen LogP contribution in [0, 0.1) is 13.8 Å². The van der Waals surface area contributed by atoms with E-state index in [1.54, 1.807) is 0 Å². The molecule has 2 fully saturated rings. The predicted octanol–water partition coefficient (Wildman–Crippen LogP) is 3.31. The van der Waals surface area contributed by atoms with Crippen LogP contribution in [-0.4, -0.2) is 82.7 Å². The van der Waals surface area contributed by atoms with E-state index in [0.29, 0.717) is 39.5 Å². The molecule has 0 spiro atoms. The van der Waals surface area contributed by atoms with E-state index in [4.69, 9.17) is 19.0 Å². The second kappa shape index (κ2) is 9.57. The molecule has 202 valence electrons. The summed E-state index contributed by atoms with van der Waals surface area (Å²) in [6, 6.07) is 9.91. The van der Waals surface area contributed by atoms with Crippen LogP contribution in [0.4, 0.5) is 10.7 Å². The first-order chi connectivity index (χ1) is 19.1. The Labute approximate surface area is 225 Å². The number of carbonyl (C=O) groups is 1. The first-order valence-corrected chi connectivity index (χ1v) is 13.5. The number of aromatic nitrogens is 4. The third-order valence-corrected chi connectivity index (χ3v) is 7.91. The summed E-state index contributed by atoms with van der Waals surface area (Å²) in [7, 11) is 0. The van der Waals surface area contributed by atoms with E-state index in [1.165, 1.54) is 0 Å². The lowest BCUT2D eigenvalue weighted by molar-refractivity contribution is 0.0526. The summed E-state index contributed by atoms with van der Waals surface area (Å²) in [5.41, 5.74) is 5.43. The lowest BCUT2D eigenvalue weighted by Gasteiger charge is -2.30. The quantitative estimate of drug-likeness (QED) is 0.429. The van der Waals surface area contributed by atoms with Crippen molar-refractivity contribution in [1.82, 2.24) is 29.9 Å². The lowest BCUT2D eigenvalue weighted by Crippen LogP contribution is -2.49. The fourth-order valence-corrected chi connectivity index (χ4v) is 5.99. The Morgan fingerprint density at radius 3 is 2.74 bits per heavy atom. The molecule has 7 rings (SSSR count). The van der Waals surface area contributed by atoms with Crippen molar-refractivity contribution in [3.63, 3.8) is 0 Å². The van der Waals surface area contributed by atoms with Crippen molar-refractivity contribution >= 4 is 23.0 Å². The number of rotatable bonds is 4. The molecule has 2 atom stereocenters. The van der Waals surface area contributed by atoms with Crippen molar-refractivity contribution in [2.24, 2.45) is 0 Å². The van der Waals surface area contributed by atoms with Gasteiger partial charge in [-0.3, -0.25) is 9.55 Å². The van der Waals surface area contributed by atoms with Crippen LogP contribution in [0.3, 0.4) is 0 Å². The molecule has 3 aromatic heterocycles. The van der Waals surface area contributed by atoms with Gasteiger partial charge in [0.25, 0.3) is 0 Å². The summed E-state index contributed by atoms with van der Waals surface area (Å²) in [4.78, 5) is 26.7. The zero-order valence-electron chi connectivity index (χ0n) is 22.1. The van der Waals surface area contributed by atoms with Gasteiger partial charge in [-0.15, -0.1) is 0 Å². The standard InChI is InChI=1S/C28H31N7O4/c1-17-24(18(2)39-32-17)20-6-7-22-25-26(20)38-16-23(21-5-3-4-9-29-21)35(25)27(31-22)34-10-8-19(15-34)30-28(36)33-11-13-37-14-12-33/h3-7,9,19,23H,8,10-16H2,1-2H3,(H,30,36)/t19-,23-/m1/s1. The highest BCUT2D eigenvalue weighted by Crippen LogP contribution is 2.46. The summed E-state index contributed by atoms with van der Waals surface area (Å²) < 4.78 is 19.6. The number of nitrogens with one attached hydrogen (secondary N) is 1. The summed E-state index contributed by atoms with van der Waals surface area (Å²) in [6.07, 6.45) is 2.66. The minimum absolute atomic E-state index is 0.0223. The van der Waals surface area contributed by atoms with Gasteiger partial charge in [-0.05, 0) is 44.5 Å². The summed E-state index contributed by atoms with van der Waals surface area (Å²) in [6.45, 7) is 8.19. The van der Waals surface area contributed by atoms with Crippen molar-refractivity contribution in [2.75, 3.05) is 50.9 Å². The van der Waals surface area contributed by atoms with E-state index < -0.39 is 0 Å². The van der Waals surface area contributed by atoms with E-state index in [-0.39, 0.29) is 18.1 Å². The third kappa shape index (κ3) is 4.08. The Hall–Kier alpha value is -4.12. The molecule has 0 unspecified atom stereocenters. The van der Waals surface area contributed by atoms with Gasteiger partial charge < -0.3 is 29.1 Å². The van der Waals surface area contributed by atoms with Crippen LogP contribution in [0.1, 0.15) is 29.6 Å². The number of amides is 2. The number of imidazole rings is 1. The van der Waals surface area contributed by atoms with Crippen LogP contribution in [-0.2, 0) is 4.74 Å². The molecule has 0 aliphatic carbocycles. The molecular weight excluding hydrogens is 498 g/mol. The van der Waals surface area contributed by atoms with E-state index >= 15 is 0 Å². The number of benzene rings is 1. The van der Waals surface area contributed by atoms with Crippen LogP contribution < -0.4 is 15.0 Å². The molecule has 11 heteroatoms. The molecule has 2 saturated heterocycles. The summed E-state index contributed by atoms with van der Waals surface area (Å²) in [5.74, 6) is 2.40. The Balaban J connectivity index is 1.27. The van der Waals surface area contributed by atoms with Crippen LogP contribution in [0.2, 0.25) is 0 Å². The minimum Gasteiger partial charge on any atom is -0.488 e. The SMILES string of the molecule is Cc1noc(C)c1-c1ccc2nc(N3CC[C@@H](NC(=O)N4CCOCC4)C3)n3c2c1OC[C@@H]3c1ccccn1. The van der Waals surface area contributed by atoms with Crippen LogP contribution in [0.25, 0.3) is 22.2 Å². The van der Waals surface area contributed by atoms with Gasteiger partial charge in [0.2, 0.25) is 5.95 Å². The number of ether oxygens (including phenoxy) is 2.